The van der Waals surface area contributed by atoms with E-state index in [-0.39, 0.29) is 11.6 Å². The van der Waals surface area contributed by atoms with E-state index in [0.717, 1.165) is 0 Å². The van der Waals surface area contributed by atoms with Crippen molar-refractivity contribution in [1.82, 2.24) is 0 Å². The van der Waals surface area contributed by atoms with Crippen molar-refractivity contribution in [3.8, 4) is 22.3 Å². The fourth-order valence-electron chi connectivity index (χ4n) is 2.27. The number of benzene rings is 3. The molecule has 3 aromatic rings. The molecule has 0 amide bonds. The van der Waals surface area contributed by atoms with Gasteiger partial charge in [-0.1, -0.05) is 54.1 Å². The SMILES string of the molecule is Fc1ccccc1-c1ccc(Cl)c(-c2ccccc2F)c1. The zero-order valence-corrected chi connectivity index (χ0v) is 11.7. The maximum Gasteiger partial charge on any atom is 0.131 e. The molecule has 0 fully saturated rings. The highest BCUT2D eigenvalue weighted by Gasteiger charge is 2.11. The van der Waals surface area contributed by atoms with Gasteiger partial charge in [0.1, 0.15) is 11.6 Å². The maximum atomic E-state index is 13.9. The highest BCUT2D eigenvalue weighted by molar-refractivity contribution is 6.33. The van der Waals surface area contributed by atoms with E-state index in [1.807, 2.05) is 0 Å². The Kier molecular flexibility index (Phi) is 3.72. The van der Waals surface area contributed by atoms with Crippen LogP contribution in [0.15, 0.2) is 66.7 Å². The van der Waals surface area contributed by atoms with Gasteiger partial charge in [-0.2, -0.15) is 0 Å². The molecule has 3 rings (SSSR count). The third-order valence-electron chi connectivity index (χ3n) is 3.32. The molecule has 3 aromatic carbocycles. The van der Waals surface area contributed by atoms with Crippen LogP contribution < -0.4 is 0 Å². The number of hydrogen-bond donors (Lipinski definition) is 0. The highest BCUT2D eigenvalue weighted by Crippen LogP contribution is 2.34. The zero-order chi connectivity index (χ0) is 14.8. The van der Waals surface area contributed by atoms with Gasteiger partial charge in [-0.3, -0.25) is 0 Å². The molecule has 0 aliphatic carbocycles. The van der Waals surface area contributed by atoms with E-state index in [1.165, 1.54) is 12.1 Å². The monoisotopic (exact) mass is 300 g/mol. The first-order valence-electron chi connectivity index (χ1n) is 6.46. The largest absolute Gasteiger partial charge is 0.206 e. The molecule has 0 aromatic heterocycles. The second-order valence-electron chi connectivity index (χ2n) is 4.65. The van der Waals surface area contributed by atoms with Crippen molar-refractivity contribution in [2.24, 2.45) is 0 Å². The van der Waals surface area contributed by atoms with Crippen molar-refractivity contribution in [1.29, 1.82) is 0 Å². The second-order valence-corrected chi connectivity index (χ2v) is 5.06. The van der Waals surface area contributed by atoms with Crippen LogP contribution in [0.3, 0.4) is 0 Å². The Morgan fingerprint density at radius 2 is 1.19 bits per heavy atom. The van der Waals surface area contributed by atoms with Crippen molar-refractivity contribution < 1.29 is 8.78 Å². The molecule has 0 aliphatic heterocycles. The van der Waals surface area contributed by atoms with Gasteiger partial charge in [0, 0.05) is 21.7 Å². The average molecular weight is 301 g/mol. The van der Waals surface area contributed by atoms with Crippen LogP contribution in [-0.2, 0) is 0 Å². The zero-order valence-electron chi connectivity index (χ0n) is 11.0. The second kappa shape index (κ2) is 5.66. The Morgan fingerprint density at radius 3 is 1.81 bits per heavy atom. The Morgan fingerprint density at radius 1 is 0.619 bits per heavy atom. The molecule has 3 heteroatoms. The van der Waals surface area contributed by atoms with Gasteiger partial charge in [-0.15, -0.1) is 0 Å². The minimum atomic E-state index is -0.356. The highest BCUT2D eigenvalue weighted by atomic mass is 35.5. The van der Waals surface area contributed by atoms with Gasteiger partial charge in [0.15, 0.2) is 0 Å². The van der Waals surface area contributed by atoms with Crippen LogP contribution in [0, 0.1) is 11.6 Å². The molecule has 0 bridgehead atoms. The first-order chi connectivity index (χ1) is 10.2. The Hall–Kier alpha value is -2.19. The lowest BCUT2D eigenvalue weighted by molar-refractivity contribution is 0.631. The fourth-order valence-corrected chi connectivity index (χ4v) is 2.49. The Labute approximate surface area is 126 Å². The van der Waals surface area contributed by atoms with Gasteiger partial charge in [0.05, 0.1) is 0 Å². The summed E-state index contributed by atoms with van der Waals surface area (Å²) in [6.07, 6.45) is 0. The predicted octanol–water partition coefficient (Wildman–Crippen LogP) is 5.95. The van der Waals surface area contributed by atoms with Gasteiger partial charge in [0.2, 0.25) is 0 Å². The summed E-state index contributed by atoms with van der Waals surface area (Å²) in [7, 11) is 0. The summed E-state index contributed by atoms with van der Waals surface area (Å²) >= 11 is 6.17. The minimum absolute atomic E-state index is 0.320. The minimum Gasteiger partial charge on any atom is -0.206 e. The molecule has 0 radical (unpaired) electrons. The lowest BCUT2D eigenvalue weighted by Gasteiger charge is -2.10. The molecule has 0 saturated carbocycles. The van der Waals surface area contributed by atoms with Crippen LogP contribution in [-0.4, -0.2) is 0 Å². The maximum absolute atomic E-state index is 13.9. The lowest BCUT2D eigenvalue weighted by atomic mass is 9.98. The van der Waals surface area contributed by atoms with Crippen molar-refractivity contribution in [2.45, 2.75) is 0 Å². The number of halogens is 3. The molecule has 0 atom stereocenters. The molecular formula is C18H11ClF2. The van der Waals surface area contributed by atoms with E-state index in [1.54, 1.807) is 54.6 Å². The molecular weight excluding hydrogens is 290 g/mol. The average Bonchev–Trinajstić information content (AvgIpc) is 2.49. The molecule has 104 valence electrons. The lowest BCUT2D eigenvalue weighted by Crippen LogP contribution is -1.88. The van der Waals surface area contributed by atoms with Crippen molar-refractivity contribution in [3.05, 3.63) is 83.4 Å². The first kappa shape index (κ1) is 13.8. The van der Waals surface area contributed by atoms with E-state index in [4.69, 9.17) is 11.6 Å². The molecule has 0 heterocycles. The molecule has 21 heavy (non-hydrogen) atoms. The van der Waals surface area contributed by atoms with E-state index in [9.17, 15) is 8.78 Å². The molecule has 0 spiro atoms. The van der Waals surface area contributed by atoms with Gasteiger partial charge in [-0.05, 0) is 29.8 Å². The topological polar surface area (TPSA) is 0 Å². The quantitative estimate of drug-likeness (QED) is 0.548. The molecule has 0 nitrogen and oxygen atoms in total. The summed E-state index contributed by atoms with van der Waals surface area (Å²) in [4.78, 5) is 0. The van der Waals surface area contributed by atoms with Gasteiger partial charge in [0.25, 0.3) is 0 Å². The summed E-state index contributed by atoms with van der Waals surface area (Å²) in [6.45, 7) is 0. The fraction of sp³-hybridized carbons (Fsp3) is 0. The van der Waals surface area contributed by atoms with E-state index in [0.29, 0.717) is 27.3 Å². The number of hydrogen-bond acceptors (Lipinski definition) is 0. The Bertz CT molecular complexity index is 797. The van der Waals surface area contributed by atoms with E-state index >= 15 is 0 Å². The normalized spacial score (nSPS) is 10.6. The van der Waals surface area contributed by atoms with Gasteiger partial charge >= 0.3 is 0 Å². The molecule has 0 unspecified atom stereocenters. The van der Waals surface area contributed by atoms with Gasteiger partial charge in [-0.25, -0.2) is 8.78 Å². The summed E-state index contributed by atoms with van der Waals surface area (Å²) < 4.78 is 27.8. The van der Waals surface area contributed by atoms with E-state index < -0.39 is 0 Å². The van der Waals surface area contributed by atoms with Crippen LogP contribution in [0.1, 0.15) is 0 Å². The molecule has 0 aliphatic rings. The van der Waals surface area contributed by atoms with Crippen LogP contribution in [0.2, 0.25) is 5.02 Å². The Balaban J connectivity index is 2.18. The van der Waals surface area contributed by atoms with Crippen LogP contribution in [0.4, 0.5) is 8.78 Å². The standard InChI is InChI=1S/C18H11ClF2/c19-16-10-9-12(13-5-1-3-7-17(13)20)11-15(16)14-6-2-4-8-18(14)21/h1-11H. The smallest absolute Gasteiger partial charge is 0.131 e. The molecule has 0 saturated heterocycles. The van der Waals surface area contributed by atoms with Crippen molar-refractivity contribution in [2.75, 3.05) is 0 Å². The van der Waals surface area contributed by atoms with Crippen LogP contribution in [0.25, 0.3) is 22.3 Å². The van der Waals surface area contributed by atoms with Crippen molar-refractivity contribution in [3.63, 3.8) is 0 Å². The van der Waals surface area contributed by atoms with Crippen LogP contribution in [0.5, 0.6) is 0 Å². The summed E-state index contributed by atoms with van der Waals surface area (Å²) in [5.41, 5.74) is 2.08. The third-order valence-corrected chi connectivity index (χ3v) is 3.64. The van der Waals surface area contributed by atoms with Gasteiger partial charge < -0.3 is 0 Å². The summed E-state index contributed by atoms with van der Waals surface area (Å²) in [6, 6.07) is 18.0. The number of rotatable bonds is 2. The summed E-state index contributed by atoms with van der Waals surface area (Å²) in [5.74, 6) is -0.676. The molecule has 0 N–H and O–H groups in total. The summed E-state index contributed by atoms with van der Waals surface area (Å²) in [5, 5.41) is 0.431. The predicted molar refractivity (Wildman–Crippen MR) is 82.2 cm³/mol. The van der Waals surface area contributed by atoms with Crippen molar-refractivity contribution >= 4 is 11.6 Å². The van der Waals surface area contributed by atoms with E-state index in [2.05, 4.69) is 0 Å². The van der Waals surface area contributed by atoms with Crippen LogP contribution >= 0.6 is 11.6 Å². The first-order valence-corrected chi connectivity index (χ1v) is 6.84. The third kappa shape index (κ3) is 2.67.